The van der Waals surface area contributed by atoms with Crippen LogP contribution in [0.5, 0.6) is 0 Å². The summed E-state index contributed by atoms with van der Waals surface area (Å²) in [5.41, 5.74) is 0.488. The van der Waals surface area contributed by atoms with E-state index in [1.54, 1.807) is 48.5 Å². The maximum absolute atomic E-state index is 12.2. The zero-order valence-electron chi connectivity index (χ0n) is 14.3. The molecule has 0 aliphatic heterocycles. The molecule has 2 N–H and O–H groups in total. The standard InChI is InChI=1S/C19H15N3O5/c1-11(23)12-6-8-13(9-7-12)20-16(24)10-27-19(26)17-14-4-2-3-5-15(14)18(25)22-21-17/h2-9H,10H2,1H3,(H,20,24)(H,22,25). The van der Waals surface area contributed by atoms with Crippen molar-refractivity contribution in [1.29, 1.82) is 0 Å². The van der Waals surface area contributed by atoms with Crippen molar-refractivity contribution >= 4 is 34.1 Å². The van der Waals surface area contributed by atoms with Crippen molar-refractivity contribution in [1.82, 2.24) is 10.2 Å². The first kappa shape index (κ1) is 18.0. The maximum Gasteiger partial charge on any atom is 0.359 e. The number of ketones is 1. The summed E-state index contributed by atoms with van der Waals surface area (Å²) in [6.45, 7) is 0.921. The van der Waals surface area contributed by atoms with Crippen LogP contribution >= 0.6 is 0 Å². The van der Waals surface area contributed by atoms with Gasteiger partial charge in [0.1, 0.15) is 0 Å². The van der Waals surface area contributed by atoms with Gasteiger partial charge in [-0.2, -0.15) is 5.10 Å². The van der Waals surface area contributed by atoms with Crippen LogP contribution in [0.3, 0.4) is 0 Å². The van der Waals surface area contributed by atoms with Gasteiger partial charge in [-0.25, -0.2) is 9.89 Å². The predicted molar refractivity (Wildman–Crippen MR) is 97.7 cm³/mol. The van der Waals surface area contributed by atoms with Gasteiger partial charge in [0.05, 0.1) is 5.39 Å². The molecule has 8 nitrogen and oxygen atoms in total. The Morgan fingerprint density at radius 1 is 1.04 bits per heavy atom. The van der Waals surface area contributed by atoms with Gasteiger partial charge in [-0.05, 0) is 37.3 Å². The highest BCUT2D eigenvalue weighted by molar-refractivity contribution is 6.03. The Labute approximate surface area is 153 Å². The van der Waals surface area contributed by atoms with Crippen LogP contribution in [0.2, 0.25) is 0 Å². The van der Waals surface area contributed by atoms with Crippen LogP contribution in [0.25, 0.3) is 10.8 Å². The van der Waals surface area contributed by atoms with Gasteiger partial charge in [0.25, 0.3) is 11.5 Å². The largest absolute Gasteiger partial charge is 0.451 e. The third-order valence-electron chi connectivity index (χ3n) is 3.80. The van der Waals surface area contributed by atoms with Gasteiger partial charge in [-0.15, -0.1) is 0 Å². The monoisotopic (exact) mass is 365 g/mol. The van der Waals surface area contributed by atoms with Crippen molar-refractivity contribution in [2.75, 3.05) is 11.9 Å². The number of rotatable bonds is 5. The molecule has 0 atom stereocenters. The Hall–Kier alpha value is -3.81. The molecule has 27 heavy (non-hydrogen) atoms. The van der Waals surface area contributed by atoms with Gasteiger partial charge < -0.3 is 10.1 Å². The van der Waals surface area contributed by atoms with Gasteiger partial charge in [-0.1, -0.05) is 18.2 Å². The quantitative estimate of drug-likeness (QED) is 0.527. The number of ether oxygens (including phenoxy) is 1. The number of esters is 1. The Kier molecular flexibility index (Phi) is 5.07. The lowest BCUT2D eigenvalue weighted by molar-refractivity contribution is -0.119. The summed E-state index contributed by atoms with van der Waals surface area (Å²) in [6, 6.07) is 12.8. The number of nitrogens with zero attached hydrogens (tertiary/aromatic N) is 1. The number of Topliss-reactive ketones (excluding diaryl/α,β-unsaturated/α-hetero) is 1. The van der Waals surface area contributed by atoms with Gasteiger partial charge >= 0.3 is 5.97 Å². The molecule has 0 aliphatic carbocycles. The minimum absolute atomic E-state index is 0.0798. The summed E-state index contributed by atoms with van der Waals surface area (Å²) in [6.07, 6.45) is 0. The van der Waals surface area contributed by atoms with Crippen molar-refractivity contribution in [2.45, 2.75) is 6.92 Å². The first-order chi connectivity index (χ1) is 13.0. The summed E-state index contributed by atoms with van der Waals surface area (Å²) < 4.78 is 4.98. The van der Waals surface area contributed by atoms with Crippen LogP contribution in [0.15, 0.2) is 53.3 Å². The van der Waals surface area contributed by atoms with E-state index in [1.807, 2.05) is 0 Å². The number of carbonyl (C=O) groups is 3. The first-order valence-electron chi connectivity index (χ1n) is 8.01. The lowest BCUT2D eigenvalue weighted by atomic mass is 10.1. The summed E-state index contributed by atoms with van der Waals surface area (Å²) in [4.78, 5) is 47.1. The van der Waals surface area contributed by atoms with Gasteiger partial charge in [-0.3, -0.25) is 14.4 Å². The molecule has 0 saturated carbocycles. The van der Waals surface area contributed by atoms with Crippen LogP contribution < -0.4 is 10.9 Å². The smallest absolute Gasteiger partial charge is 0.359 e. The van der Waals surface area contributed by atoms with E-state index in [9.17, 15) is 19.2 Å². The molecule has 0 radical (unpaired) electrons. The molecule has 8 heteroatoms. The molecular weight excluding hydrogens is 350 g/mol. The number of nitrogens with one attached hydrogen (secondary N) is 2. The van der Waals surface area contributed by atoms with Crippen molar-refractivity contribution in [3.05, 3.63) is 70.1 Å². The second kappa shape index (κ2) is 7.61. The van der Waals surface area contributed by atoms with Crippen LogP contribution in [0.1, 0.15) is 27.8 Å². The molecule has 136 valence electrons. The van der Waals surface area contributed by atoms with Crippen molar-refractivity contribution in [2.24, 2.45) is 0 Å². The molecule has 3 rings (SSSR count). The van der Waals surface area contributed by atoms with Gasteiger partial charge in [0.2, 0.25) is 0 Å². The molecule has 0 unspecified atom stereocenters. The summed E-state index contributed by atoms with van der Waals surface area (Å²) >= 11 is 0. The highest BCUT2D eigenvalue weighted by Crippen LogP contribution is 2.13. The van der Waals surface area contributed by atoms with Crippen LogP contribution in [0, 0.1) is 0 Å². The molecule has 1 amide bonds. The van der Waals surface area contributed by atoms with E-state index < -0.39 is 24.0 Å². The van der Waals surface area contributed by atoms with E-state index in [-0.39, 0.29) is 11.5 Å². The number of aromatic nitrogens is 2. The average molecular weight is 365 g/mol. The first-order valence-corrected chi connectivity index (χ1v) is 8.01. The number of amides is 1. The van der Waals surface area contributed by atoms with Crippen molar-refractivity contribution in [3.63, 3.8) is 0 Å². The predicted octanol–water partition coefficient (Wildman–Crippen LogP) is 1.92. The SMILES string of the molecule is CC(=O)c1ccc(NC(=O)COC(=O)c2n[nH]c(=O)c3ccccc23)cc1. The van der Waals surface area contributed by atoms with E-state index in [0.717, 1.165) is 0 Å². The summed E-state index contributed by atoms with van der Waals surface area (Å²) in [5.74, 6) is -1.46. The van der Waals surface area contributed by atoms with Crippen LogP contribution in [-0.4, -0.2) is 34.5 Å². The van der Waals surface area contributed by atoms with E-state index in [4.69, 9.17) is 4.74 Å². The fourth-order valence-corrected chi connectivity index (χ4v) is 2.46. The normalized spacial score (nSPS) is 10.4. The zero-order valence-corrected chi connectivity index (χ0v) is 14.3. The molecule has 0 spiro atoms. The number of carbonyl (C=O) groups excluding carboxylic acids is 3. The van der Waals surface area contributed by atoms with E-state index in [0.29, 0.717) is 22.0 Å². The number of H-pyrrole nitrogens is 1. The fourth-order valence-electron chi connectivity index (χ4n) is 2.46. The second-order valence-corrected chi connectivity index (χ2v) is 5.70. The average Bonchev–Trinajstić information content (AvgIpc) is 2.67. The maximum atomic E-state index is 12.2. The minimum atomic E-state index is -0.829. The lowest BCUT2D eigenvalue weighted by Gasteiger charge is -2.08. The molecule has 0 bridgehead atoms. The van der Waals surface area contributed by atoms with Gasteiger partial charge in [0, 0.05) is 16.6 Å². The molecule has 0 saturated heterocycles. The molecule has 1 aromatic heterocycles. The highest BCUT2D eigenvalue weighted by atomic mass is 16.5. The highest BCUT2D eigenvalue weighted by Gasteiger charge is 2.16. The van der Waals surface area contributed by atoms with E-state index >= 15 is 0 Å². The third kappa shape index (κ3) is 4.06. The van der Waals surface area contributed by atoms with E-state index in [2.05, 4.69) is 15.5 Å². The second-order valence-electron chi connectivity index (χ2n) is 5.70. The summed E-state index contributed by atoms with van der Waals surface area (Å²) in [5, 5.41) is 9.15. The molecular formula is C19H15N3O5. The number of benzene rings is 2. The summed E-state index contributed by atoms with van der Waals surface area (Å²) in [7, 11) is 0. The molecule has 0 fully saturated rings. The zero-order chi connectivity index (χ0) is 19.4. The molecule has 3 aromatic rings. The minimum Gasteiger partial charge on any atom is -0.451 e. The fraction of sp³-hybridized carbons (Fsp3) is 0.105. The molecule has 1 heterocycles. The number of anilines is 1. The Morgan fingerprint density at radius 2 is 1.70 bits per heavy atom. The van der Waals surface area contributed by atoms with Crippen LogP contribution in [-0.2, 0) is 9.53 Å². The topological polar surface area (TPSA) is 118 Å². The van der Waals surface area contributed by atoms with Gasteiger partial charge in [0.15, 0.2) is 18.1 Å². The Balaban J connectivity index is 1.65. The third-order valence-corrected chi connectivity index (χ3v) is 3.80. The number of hydrogen-bond donors (Lipinski definition) is 2. The number of fused-ring (bicyclic) bond motifs is 1. The number of aromatic amines is 1. The molecule has 2 aromatic carbocycles. The Morgan fingerprint density at radius 3 is 2.37 bits per heavy atom. The molecule has 0 aliphatic rings. The van der Waals surface area contributed by atoms with E-state index in [1.165, 1.54) is 6.92 Å². The van der Waals surface area contributed by atoms with Crippen molar-refractivity contribution < 1.29 is 19.1 Å². The Bertz CT molecular complexity index is 1090. The van der Waals surface area contributed by atoms with Crippen molar-refractivity contribution in [3.8, 4) is 0 Å². The van der Waals surface area contributed by atoms with Crippen LogP contribution in [0.4, 0.5) is 5.69 Å². The lowest BCUT2D eigenvalue weighted by Crippen LogP contribution is -2.22. The number of hydrogen-bond acceptors (Lipinski definition) is 6.